The van der Waals surface area contributed by atoms with Crippen LogP contribution in [0.15, 0.2) is 0 Å². The number of nitrogens with zero attached hydrogens (tertiary/aromatic N) is 1. The maximum Gasteiger partial charge on any atom is 0.246 e. The zero-order chi connectivity index (χ0) is 13.2. The van der Waals surface area contributed by atoms with Crippen molar-refractivity contribution >= 4 is 17.7 Å². The average Bonchev–Trinajstić information content (AvgIpc) is 2.28. The molecule has 0 atom stereocenters. The molecule has 1 heterocycles. The summed E-state index contributed by atoms with van der Waals surface area (Å²) in [5.41, 5.74) is 5.75. The van der Waals surface area contributed by atoms with Crippen LogP contribution in [0, 0.1) is 0 Å². The van der Waals surface area contributed by atoms with Crippen LogP contribution in [0.5, 0.6) is 0 Å². The summed E-state index contributed by atoms with van der Waals surface area (Å²) in [7, 11) is 0. The molecule has 6 nitrogen and oxygen atoms in total. The minimum absolute atomic E-state index is 0.0410. The monoisotopic (exact) mass is 253 g/mol. The van der Waals surface area contributed by atoms with Crippen LogP contribution in [0.4, 0.5) is 0 Å². The van der Waals surface area contributed by atoms with Crippen molar-refractivity contribution in [2.75, 3.05) is 13.1 Å². The van der Waals surface area contributed by atoms with Gasteiger partial charge in [-0.05, 0) is 12.8 Å². The Bertz CT molecular complexity index is 359. The summed E-state index contributed by atoms with van der Waals surface area (Å²) in [5, 5.41) is 2.17. The van der Waals surface area contributed by atoms with Crippen LogP contribution in [0.3, 0.4) is 0 Å². The zero-order valence-electron chi connectivity index (χ0n) is 10.4. The van der Waals surface area contributed by atoms with Crippen LogP contribution < -0.4 is 11.1 Å². The molecule has 3 amide bonds. The zero-order valence-corrected chi connectivity index (χ0v) is 10.4. The third-order valence-electron chi connectivity index (χ3n) is 3.65. The van der Waals surface area contributed by atoms with Gasteiger partial charge in [0.25, 0.3) is 0 Å². The van der Waals surface area contributed by atoms with Crippen molar-refractivity contribution in [1.82, 2.24) is 10.2 Å². The van der Waals surface area contributed by atoms with Crippen LogP contribution in [-0.4, -0.2) is 41.2 Å². The number of hydrogen-bond donors (Lipinski definition) is 2. The molecule has 1 saturated heterocycles. The van der Waals surface area contributed by atoms with E-state index < -0.39 is 17.4 Å². The van der Waals surface area contributed by atoms with Gasteiger partial charge in [0.05, 0.1) is 0 Å². The first-order chi connectivity index (χ1) is 8.48. The molecule has 100 valence electrons. The molecular formula is C12H19N3O3. The molecular weight excluding hydrogens is 234 g/mol. The van der Waals surface area contributed by atoms with E-state index in [-0.39, 0.29) is 25.4 Å². The number of carbonyl (C=O) groups is 3. The number of imide groups is 1. The maximum absolute atomic E-state index is 12.1. The molecule has 18 heavy (non-hydrogen) atoms. The summed E-state index contributed by atoms with van der Waals surface area (Å²) in [6, 6.07) is 0. The van der Waals surface area contributed by atoms with Gasteiger partial charge in [0, 0.05) is 12.0 Å². The van der Waals surface area contributed by atoms with Gasteiger partial charge in [-0.1, -0.05) is 19.3 Å². The number of carbonyl (C=O) groups excluding carboxylic acids is 3. The van der Waals surface area contributed by atoms with Crippen molar-refractivity contribution in [1.29, 1.82) is 0 Å². The van der Waals surface area contributed by atoms with Crippen LogP contribution in [0.25, 0.3) is 0 Å². The SMILES string of the molecule is NC1(CC(=O)N2CC(=O)NC(=O)C2)CCCCC1. The number of nitrogens with two attached hydrogens (primary N) is 1. The van der Waals surface area contributed by atoms with Crippen molar-refractivity contribution in [3.63, 3.8) is 0 Å². The largest absolute Gasteiger partial charge is 0.325 e. The molecule has 0 spiro atoms. The molecule has 6 heteroatoms. The molecule has 1 saturated carbocycles. The predicted molar refractivity (Wildman–Crippen MR) is 64.4 cm³/mol. The Labute approximate surface area is 106 Å². The Morgan fingerprint density at radius 2 is 1.72 bits per heavy atom. The fourth-order valence-electron chi connectivity index (χ4n) is 2.66. The van der Waals surface area contributed by atoms with Crippen LogP contribution in [0.1, 0.15) is 38.5 Å². The van der Waals surface area contributed by atoms with Crippen LogP contribution in [0.2, 0.25) is 0 Å². The minimum Gasteiger partial charge on any atom is -0.325 e. The standard InChI is InChI=1S/C12H19N3O3/c13-12(4-2-1-3-5-12)6-11(18)15-7-9(16)14-10(17)8-15/h1-8,13H2,(H,14,16,17). The van der Waals surface area contributed by atoms with E-state index in [0.717, 1.165) is 32.1 Å². The van der Waals surface area contributed by atoms with Crippen molar-refractivity contribution in [2.24, 2.45) is 5.73 Å². The Balaban J connectivity index is 1.94. The molecule has 2 rings (SSSR count). The smallest absolute Gasteiger partial charge is 0.246 e. The highest BCUT2D eigenvalue weighted by molar-refractivity contribution is 6.02. The number of rotatable bonds is 2. The fraction of sp³-hybridized carbons (Fsp3) is 0.750. The normalized spacial score (nSPS) is 23.7. The predicted octanol–water partition coefficient (Wildman–Crippen LogP) is -0.477. The molecule has 1 aliphatic carbocycles. The van der Waals surface area contributed by atoms with E-state index in [1.54, 1.807) is 0 Å². The molecule has 0 aromatic carbocycles. The Hall–Kier alpha value is -1.43. The first kappa shape index (κ1) is 13.0. The summed E-state index contributed by atoms with van der Waals surface area (Å²) in [4.78, 5) is 35.8. The summed E-state index contributed by atoms with van der Waals surface area (Å²) < 4.78 is 0. The van der Waals surface area contributed by atoms with E-state index in [4.69, 9.17) is 5.73 Å². The van der Waals surface area contributed by atoms with Crippen molar-refractivity contribution in [3.8, 4) is 0 Å². The maximum atomic E-state index is 12.1. The van der Waals surface area contributed by atoms with E-state index in [1.165, 1.54) is 4.90 Å². The number of nitrogens with one attached hydrogen (secondary N) is 1. The van der Waals surface area contributed by atoms with Gasteiger partial charge >= 0.3 is 0 Å². The summed E-state index contributed by atoms with van der Waals surface area (Å²) in [6.07, 6.45) is 5.16. The lowest BCUT2D eigenvalue weighted by molar-refractivity contribution is -0.146. The lowest BCUT2D eigenvalue weighted by atomic mass is 9.80. The number of piperazine rings is 1. The van der Waals surface area contributed by atoms with E-state index >= 15 is 0 Å². The summed E-state index contributed by atoms with van der Waals surface area (Å²) in [5.74, 6) is -1.04. The van der Waals surface area contributed by atoms with Gasteiger partial charge in [-0.25, -0.2) is 0 Å². The van der Waals surface area contributed by atoms with Gasteiger partial charge in [0.2, 0.25) is 17.7 Å². The third-order valence-corrected chi connectivity index (χ3v) is 3.65. The van der Waals surface area contributed by atoms with Crippen LogP contribution >= 0.6 is 0 Å². The van der Waals surface area contributed by atoms with Gasteiger partial charge < -0.3 is 10.6 Å². The Morgan fingerprint density at radius 1 is 1.17 bits per heavy atom. The highest BCUT2D eigenvalue weighted by Gasteiger charge is 2.34. The molecule has 1 aliphatic heterocycles. The lowest BCUT2D eigenvalue weighted by Gasteiger charge is -2.35. The molecule has 0 aromatic rings. The summed E-state index contributed by atoms with van der Waals surface area (Å²) in [6.45, 7) is -0.0820. The average molecular weight is 253 g/mol. The van der Waals surface area contributed by atoms with Gasteiger partial charge in [-0.2, -0.15) is 0 Å². The molecule has 2 aliphatic rings. The number of amides is 3. The van der Waals surface area contributed by atoms with E-state index in [1.807, 2.05) is 0 Å². The Kier molecular flexibility index (Phi) is 3.65. The second kappa shape index (κ2) is 5.06. The van der Waals surface area contributed by atoms with Gasteiger partial charge in [0.1, 0.15) is 13.1 Å². The van der Waals surface area contributed by atoms with E-state index in [2.05, 4.69) is 5.32 Å². The second-order valence-corrected chi connectivity index (χ2v) is 5.32. The molecule has 3 N–H and O–H groups in total. The van der Waals surface area contributed by atoms with Gasteiger partial charge in [0.15, 0.2) is 0 Å². The summed E-state index contributed by atoms with van der Waals surface area (Å²) >= 11 is 0. The highest BCUT2D eigenvalue weighted by atomic mass is 16.2. The third kappa shape index (κ3) is 3.07. The molecule has 0 unspecified atom stereocenters. The first-order valence-corrected chi connectivity index (χ1v) is 6.38. The fourth-order valence-corrected chi connectivity index (χ4v) is 2.66. The van der Waals surface area contributed by atoms with Crippen LogP contribution in [-0.2, 0) is 14.4 Å². The minimum atomic E-state index is -0.452. The van der Waals surface area contributed by atoms with Crippen molar-refractivity contribution in [3.05, 3.63) is 0 Å². The molecule has 0 radical (unpaired) electrons. The highest BCUT2D eigenvalue weighted by Crippen LogP contribution is 2.29. The van der Waals surface area contributed by atoms with Crippen molar-refractivity contribution < 1.29 is 14.4 Å². The second-order valence-electron chi connectivity index (χ2n) is 5.32. The first-order valence-electron chi connectivity index (χ1n) is 6.38. The number of hydrogen-bond acceptors (Lipinski definition) is 4. The lowest BCUT2D eigenvalue weighted by Crippen LogP contribution is -2.55. The molecule has 2 fully saturated rings. The van der Waals surface area contributed by atoms with E-state index in [0.29, 0.717) is 0 Å². The van der Waals surface area contributed by atoms with Gasteiger partial charge in [-0.15, -0.1) is 0 Å². The topological polar surface area (TPSA) is 92.5 Å². The van der Waals surface area contributed by atoms with E-state index in [9.17, 15) is 14.4 Å². The quantitative estimate of drug-likeness (QED) is 0.650. The Morgan fingerprint density at radius 3 is 2.28 bits per heavy atom. The van der Waals surface area contributed by atoms with Crippen molar-refractivity contribution in [2.45, 2.75) is 44.1 Å². The van der Waals surface area contributed by atoms with Gasteiger partial charge in [-0.3, -0.25) is 19.7 Å². The molecule has 0 aromatic heterocycles. The molecule has 0 bridgehead atoms.